The molecule has 0 saturated carbocycles. The molecule has 0 atom stereocenters. The number of aromatic hydroxyl groups is 1. The molecule has 1 N–H and O–H groups in total. The monoisotopic (exact) mass is 363 g/mol. The van der Waals surface area contributed by atoms with Gasteiger partial charge < -0.3 is 9.84 Å². The van der Waals surface area contributed by atoms with Gasteiger partial charge in [-0.2, -0.15) is 0 Å². The number of hydrogen-bond donors (Lipinski definition) is 1. The Morgan fingerprint density at radius 3 is 2.48 bits per heavy atom. The minimum absolute atomic E-state index is 0.0853. The van der Waals surface area contributed by atoms with Crippen LogP contribution >= 0.6 is 0 Å². The molecular weight excluding hydrogens is 342 g/mol. The van der Waals surface area contributed by atoms with E-state index < -0.39 is 5.97 Å². The van der Waals surface area contributed by atoms with Crippen LogP contribution in [0.4, 0.5) is 5.69 Å². The van der Waals surface area contributed by atoms with Crippen LogP contribution in [0.2, 0.25) is 0 Å². The van der Waals surface area contributed by atoms with Gasteiger partial charge in [-0.05, 0) is 54.8 Å². The number of ether oxygens (including phenoxy) is 1. The van der Waals surface area contributed by atoms with Crippen LogP contribution in [-0.4, -0.2) is 24.1 Å². The van der Waals surface area contributed by atoms with Crippen molar-refractivity contribution in [1.82, 2.24) is 0 Å². The third-order valence-electron chi connectivity index (χ3n) is 4.57. The zero-order chi connectivity index (χ0) is 19.6. The number of benzene rings is 2. The molecule has 2 aromatic carbocycles. The number of aryl methyl sites for hydroxylation is 1. The summed E-state index contributed by atoms with van der Waals surface area (Å²) in [6, 6.07) is 14.2. The topological polar surface area (TPSA) is 66.8 Å². The van der Waals surface area contributed by atoms with E-state index in [9.17, 15) is 14.7 Å². The van der Waals surface area contributed by atoms with E-state index in [1.54, 1.807) is 31.2 Å². The highest BCUT2D eigenvalue weighted by atomic mass is 16.5. The van der Waals surface area contributed by atoms with Crippen molar-refractivity contribution < 1.29 is 19.4 Å². The van der Waals surface area contributed by atoms with Gasteiger partial charge in [0.05, 0.1) is 18.3 Å². The van der Waals surface area contributed by atoms with Gasteiger partial charge in [0.15, 0.2) is 0 Å². The van der Waals surface area contributed by atoms with Gasteiger partial charge in [-0.15, -0.1) is 0 Å². The number of methoxy groups -OCH3 is 1. The number of amides is 1. The van der Waals surface area contributed by atoms with Crippen LogP contribution in [0.5, 0.6) is 5.75 Å². The molecule has 0 fully saturated rings. The molecule has 1 aliphatic heterocycles. The second-order valence-corrected chi connectivity index (χ2v) is 6.27. The van der Waals surface area contributed by atoms with E-state index in [1.165, 1.54) is 18.1 Å². The molecule has 0 aromatic heterocycles. The van der Waals surface area contributed by atoms with Crippen LogP contribution in [0.25, 0.3) is 6.08 Å². The van der Waals surface area contributed by atoms with Crippen molar-refractivity contribution >= 4 is 23.6 Å². The average molecular weight is 363 g/mol. The van der Waals surface area contributed by atoms with E-state index in [1.807, 2.05) is 24.3 Å². The number of esters is 1. The SMILES string of the molecule is CCc1ccc(N2C(=O)/C(=C\c3cccc(O)c3)C(C(=O)OC)=C2C)cc1. The molecule has 0 aliphatic carbocycles. The number of nitrogens with zero attached hydrogens (tertiary/aromatic N) is 1. The number of phenols is 1. The summed E-state index contributed by atoms with van der Waals surface area (Å²) in [5, 5.41) is 9.68. The summed E-state index contributed by atoms with van der Waals surface area (Å²) in [5.74, 6) is -0.789. The van der Waals surface area contributed by atoms with Crippen molar-refractivity contribution in [1.29, 1.82) is 0 Å². The molecule has 0 saturated heterocycles. The zero-order valence-electron chi connectivity index (χ0n) is 15.5. The molecular formula is C22H21NO4. The Hall–Kier alpha value is -3.34. The largest absolute Gasteiger partial charge is 0.508 e. The number of hydrogen-bond acceptors (Lipinski definition) is 4. The summed E-state index contributed by atoms with van der Waals surface area (Å²) in [6.07, 6.45) is 2.50. The maximum atomic E-state index is 13.1. The van der Waals surface area contributed by atoms with Gasteiger partial charge in [0.2, 0.25) is 0 Å². The van der Waals surface area contributed by atoms with Crippen LogP contribution in [0.1, 0.15) is 25.0 Å². The van der Waals surface area contributed by atoms with Crippen molar-refractivity contribution in [3.05, 3.63) is 76.5 Å². The highest BCUT2D eigenvalue weighted by molar-refractivity contribution is 6.23. The van der Waals surface area contributed by atoms with Gasteiger partial charge in [-0.1, -0.05) is 31.2 Å². The fourth-order valence-electron chi connectivity index (χ4n) is 3.15. The van der Waals surface area contributed by atoms with E-state index in [0.29, 0.717) is 16.9 Å². The Morgan fingerprint density at radius 2 is 1.89 bits per heavy atom. The van der Waals surface area contributed by atoms with E-state index in [2.05, 4.69) is 6.92 Å². The van der Waals surface area contributed by atoms with Crippen molar-refractivity contribution in [3.8, 4) is 5.75 Å². The lowest BCUT2D eigenvalue weighted by atomic mass is 10.0. The van der Waals surface area contributed by atoms with Gasteiger partial charge in [-0.25, -0.2) is 4.79 Å². The van der Waals surface area contributed by atoms with Crippen LogP contribution in [-0.2, 0) is 20.7 Å². The summed E-state index contributed by atoms with van der Waals surface area (Å²) in [4.78, 5) is 27.0. The fraction of sp³-hybridized carbons (Fsp3) is 0.182. The molecule has 138 valence electrons. The lowest BCUT2D eigenvalue weighted by molar-refractivity contribution is -0.136. The molecule has 2 aromatic rings. The molecule has 1 aliphatic rings. The zero-order valence-corrected chi connectivity index (χ0v) is 15.5. The number of phenolic OH excluding ortho intramolecular Hbond substituents is 1. The van der Waals surface area contributed by atoms with Crippen LogP contribution in [0.3, 0.4) is 0 Å². The lowest BCUT2D eigenvalue weighted by Gasteiger charge is -2.18. The fourth-order valence-corrected chi connectivity index (χ4v) is 3.15. The lowest BCUT2D eigenvalue weighted by Crippen LogP contribution is -2.24. The molecule has 0 unspecified atom stereocenters. The molecule has 5 nitrogen and oxygen atoms in total. The minimum Gasteiger partial charge on any atom is -0.508 e. The van der Waals surface area contributed by atoms with Gasteiger partial charge in [0.25, 0.3) is 5.91 Å². The van der Waals surface area contributed by atoms with E-state index in [0.717, 1.165) is 12.0 Å². The van der Waals surface area contributed by atoms with Crippen LogP contribution < -0.4 is 4.90 Å². The van der Waals surface area contributed by atoms with E-state index in [-0.39, 0.29) is 22.8 Å². The first kappa shape index (κ1) is 18.5. The van der Waals surface area contributed by atoms with Crippen molar-refractivity contribution in [2.45, 2.75) is 20.3 Å². The minimum atomic E-state index is -0.570. The van der Waals surface area contributed by atoms with E-state index >= 15 is 0 Å². The maximum Gasteiger partial charge on any atom is 0.340 e. The van der Waals surface area contributed by atoms with Crippen molar-refractivity contribution in [3.63, 3.8) is 0 Å². The Bertz CT molecular complexity index is 955. The highest BCUT2D eigenvalue weighted by Crippen LogP contribution is 2.35. The Labute approximate surface area is 158 Å². The molecule has 1 amide bonds. The third kappa shape index (κ3) is 3.49. The molecule has 3 rings (SSSR count). The summed E-state index contributed by atoms with van der Waals surface area (Å²) in [7, 11) is 1.29. The first-order chi connectivity index (χ1) is 13.0. The predicted octanol–water partition coefficient (Wildman–Crippen LogP) is 3.83. The Balaban J connectivity index is 2.11. The second kappa shape index (κ2) is 7.50. The number of allylic oxidation sites excluding steroid dienone is 1. The van der Waals surface area contributed by atoms with Crippen molar-refractivity contribution in [2.75, 3.05) is 12.0 Å². The second-order valence-electron chi connectivity index (χ2n) is 6.27. The smallest absolute Gasteiger partial charge is 0.340 e. The van der Waals surface area contributed by atoms with Gasteiger partial charge in [0.1, 0.15) is 5.75 Å². The number of carbonyl (C=O) groups excluding carboxylic acids is 2. The molecule has 5 heteroatoms. The van der Waals surface area contributed by atoms with E-state index in [4.69, 9.17) is 4.74 Å². The Kier molecular flexibility index (Phi) is 5.12. The molecule has 0 radical (unpaired) electrons. The standard InChI is InChI=1S/C22H21NO4/c1-4-15-8-10-17(11-9-15)23-14(2)20(22(26)27-3)19(21(23)25)13-16-6-5-7-18(24)12-16/h5-13,24H,4H2,1-3H3/b19-13-. The maximum absolute atomic E-state index is 13.1. The molecule has 0 spiro atoms. The summed E-state index contributed by atoms with van der Waals surface area (Å²) in [5.41, 5.74) is 3.46. The highest BCUT2D eigenvalue weighted by Gasteiger charge is 2.37. The summed E-state index contributed by atoms with van der Waals surface area (Å²) >= 11 is 0. The molecule has 1 heterocycles. The molecule has 0 bridgehead atoms. The third-order valence-corrected chi connectivity index (χ3v) is 4.57. The first-order valence-corrected chi connectivity index (χ1v) is 8.70. The van der Waals surface area contributed by atoms with Gasteiger partial charge >= 0.3 is 5.97 Å². The van der Waals surface area contributed by atoms with Crippen LogP contribution in [0, 0.1) is 0 Å². The number of carbonyl (C=O) groups is 2. The predicted molar refractivity (Wildman–Crippen MR) is 104 cm³/mol. The van der Waals surface area contributed by atoms with Gasteiger partial charge in [-0.3, -0.25) is 9.69 Å². The summed E-state index contributed by atoms with van der Waals surface area (Å²) < 4.78 is 4.90. The normalized spacial score (nSPS) is 15.6. The van der Waals surface area contributed by atoms with Gasteiger partial charge in [0, 0.05) is 11.4 Å². The first-order valence-electron chi connectivity index (χ1n) is 8.70. The number of anilines is 1. The number of rotatable bonds is 4. The average Bonchev–Trinajstić information content (AvgIpc) is 2.91. The quantitative estimate of drug-likeness (QED) is 0.662. The van der Waals surface area contributed by atoms with Crippen molar-refractivity contribution in [2.24, 2.45) is 0 Å². The summed E-state index contributed by atoms with van der Waals surface area (Å²) in [6.45, 7) is 3.79. The van der Waals surface area contributed by atoms with Crippen LogP contribution in [0.15, 0.2) is 65.4 Å². The Morgan fingerprint density at radius 1 is 1.19 bits per heavy atom. The molecule has 27 heavy (non-hydrogen) atoms.